The number of para-hydroxylation sites is 1. The lowest BCUT2D eigenvalue weighted by Crippen LogP contribution is -2.55. The number of rotatable bonds is 13. The molecule has 3 saturated heterocycles. The van der Waals surface area contributed by atoms with Gasteiger partial charge in [-0.2, -0.15) is 13.5 Å². The smallest absolute Gasteiger partial charge is 0.355 e. The highest BCUT2D eigenvalue weighted by atomic mass is 32.3. The van der Waals surface area contributed by atoms with Crippen molar-refractivity contribution in [2.24, 2.45) is 11.8 Å². The number of aromatic carboxylic acids is 1. The Labute approximate surface area is 359 Å². The minimum absolute atomic E-state index is 0.0666. The van der Waals surface area contributed by atoms with Crippen LogP contribution in [0.15, 0.2) is 60.8 Å². The zero-order valence-corrected chi connectivity index (χ0v) is 37.4. The maximum atomic E-state index is 13.6. The highest BCUT2D eigenvalue weighted by Gasteiger charge is 2.78. The van der Waals surface area contributed by atoms with E-state index in [2.05, 4.69) is 28.8 Å². The average Bonchev–Trinajstić information content (AvgIpc) is 3.53. The molecule has 4 N–H and O–H groups in total. The van der Waals surface area contributed by atoms with Crippen molar-refractivity contribution >= 4 is 69.6 Å². The number of anilines is 2. The summed E-state index contributed by atoms with van der Waals surface area (Å²) in [6.07, 6.45) is 7.08. The van der Waals surface area contributed by atoms with Gasteiger partial charge in [0.1, 0.15) is 5.82 Å². The number of carbonyl (C=O) groups is 3. The number of amides is 2. The second-order valence-corrected chi connectivity index (χ2v) is 28.3. The van der Waals surface area contributed by atoms with E-state index in [1.165, 1.54) is 17.1 Å². The number of fused-ring (bicyclic) bond motifs is 3. The van der Waals surface area contributed by atoms with Crippen LogP contribution < -0.4 is 15.5 Å². The number of carboxylic acid groups (broad SMARTS) is 1. The van der Waals surface area contributed by atoms with E-state index < -0.39 is 25.2 Å². The van der Waals surface area contributed by atoms with E-state index in [0.717, 1.165) is 51.4 Å². The van der Waals surface area contributed by atoms with Crippen molar-refractivity contribution in [1.29, 1.82) is 0 Å². The lowest BCUT2D eigenvalue weighted by Gasteiger charge is -2.52. The fourth-order valence-electron chi connectivity index (χ4n) is 11.6. The lowest BCUT2D eigenvalue weighted by atomic mass is 9.82. The third kappa shape index (κ3) is 7.61. The Hall–Kier alpha value is -4.84. The van der Waals surface area contributed by atoms with Crippen molar-refractivity contribution in [3.8, 4) is 11.1 Å². The van der Waals surface area contributed by atoms with E-state index in [1.807, 2.05) is 78.0 Å². The van der Waals surface area contributed by atoms with Gasteiger partial charge in [-0.1, -0.05) is 49.4 Å². The SMILES string of the molecule is Cc1c(-c2ccc(N3CCc4cccc(C(=O)Nc5nc6ccccc6s5)c4C3)nc2C(=O)O)cnn1CC1CC2(NC(=O)CC(C)CCS(=O)(=O)O)CC3(C)C[SH]3(C)(C1)C2. The zero-order valence-electron chi connectivity index (χ0n) is 34.8. The number of benzene rings is 2. The number of thiol groups is 1. The standard InChI is InChI=1S/C44H53N7O7S3/c1-27(15-17-60(56,57)58)18-38(52)49-44-19-29(23-61(4,26-44)25-43(61,3)24-44)21-51-28(2)33(20-45-51)31-12-13-37(47-39(31)41(54)55)50-16-14-30-8-7-9-32(34(30)22-50)40(53)48-42-46-35-10-5-6-11-36(35)59-42/h5-13,20,27,29,61H,14-19,21-26H2,1-4H3,(H,49,52)(H,54,55)(H,46,48,53)(H,56,57,58). The van der Waals surface area contributed by atoms with Crippen molar-refractivity contribution in [3.05, 3.63) is 88.9 Å². The summed E-state index contributed by atoms with van der Waals surface area (Å²) in [6.45, 7) is 7.83. The molecule has 4 aliphatic rings. The molecule has 2 amide bonds. The summed E-state index contributed by atoms with van der Waals surface area (Å²) in [7, 11) is -6.18. The van der Waals surface area contributed by atoms with Crippen molar-refractivity contribution in [2.75, 3.05) is 46.0 Å². The van der Waals surface area contributed by atoms with Gasteiger partial charge in [0, 0.05) is 54.0 Å². The molecule has 2 bridgehead atoms. The highest BCUT2D eigenvalue weighted by molar-refractivity contribution is 8.55. The van der Waals surface area contributed by atoms with E-state index in [4.69, 9.17) is 10.1 Å². The molecule has 0 saturated carbocycles. The molecule has 4 unspecified atom stereocenters. The summed E-state index contributed by atoms with van der Waals surface area (Å²) in [5.74, 6) is 2.15. The summed E-state index contributed by atoms with van der Waals surface area (Å²) in [6, 6.07) is 17.1. The van der Waals surface area contributed by atoms with Crippen LogP contribution in [0, 0.1) is 18.8 Å². The Morgan fingerprint density at radius 2 is 1.87 bits per heavy atom. The van der Waals surface area contributed by atoms with Crippen molar-refractivity contribution in [2.45, 2.75) is 76.3 Å². The van der Waals surface area contributed by atoms with Gasteiger partial charge in [0.15, 0.2) is 10.8 Å². The van der Waals surface area contributed by atoms with E-state index >= 15 is 0 Å². The summed E-state index contributed by atoms with van der Waals surface area (Å²) < 4.78 is 35.0. The molecule has 0 radical (unpaired) electrons. The maximum absolute atomic E-state index is 13.6. The fourth-order valence-corrected chi connectivity index (χ4v) is 22.1. The summed E-state index contributed by atoms with van der Waals surface area (Å²) in [4.78, 5) is 51.2. The van der Waals surface area contributed by atoms with Gasteiger partial charge < -0.3 is 15.3 Å². The molecule has 3 aromatic heterocycles. The lowest BCUT2D eigenvalue weighted by molar-refractivity contribution is -0.124. The number of nitrogens with one attached hydrogen (secondary N) is 2. The first kappa shape index (κ1) is 41.5. The van der Waals surface area contributed by atoms with Crippen LogP contribution in [0.25, 0.3) is 21.3 Å². The van der Waals surface area contributed by atoms with Crippen LogP contribution in [0.3, 0.4) is 0 Å². The molecule has 9 rings (SSSR count). The molecule has 5 aromatic rings. The number of pyridine rings is 1. The van der Waals surface area contributed by atoms with Gasteiger partial charge in [-0.25, -0.2) is 14.8 Å². The summed E-state index contributed by atoms with van der Waals surface area (Å²) >= 11 is 1.42. The maximum Gasteiger partial charge on any atom is 0.355 e. The van der Waals surface area contributed by atoms with Crippen LogP contribution in [-0.4, -0.2) is 102 Å². The molecule has 2 aromatic carbocycles. The van der Waals surface area contributed by atoms with Crippen molar-refractivity contribution in [1.82, 2.24) is 25.1 Å². The molecule has 4 aliphatic heterocycles. The second kappa shape index (κ2) is 14.6. The molecule has 1 spiro atoms. The summed E-state index contributed by atoms with van der Waals surface area (Å²) in [5.41, 5.74) is 4.95. The largest absolute Gasteiger partial charge is 0.476 e. The first-order chi connectivity index (χ1) is 28.8. The minimum atomic E-state index is -4.09. The molecular formula is C44H53N7O7S3. The molecule has 4 atom stereocenters. The van der Waals surface area contributed by atoms with Crippen LogP contribution in [0.5, 0.6) is 0 Å². The topological polar surface area (TPSA) is 197 Å². The van der Waals surface area contributed by atoms with Gasteiger partial charge in [0.05, 0.1) is 22.2 Å². The van der Waals surface area contributed by atoms with Gasteiger partial charge in [0.25, 0.3) is 16.0 Å². The number of hydrogen-bond donors (Lipinski definition) is 5. The van der Waals surface area contributed by atoms with Gasteiger partial charge in [-0.3, -0.25) is 33.3 Å². The van der Waals surface area contributed by atoms with Gasteiger partial charge in [-0.15, -0.1) is 0 Å². The van der Waals surface area contributed by atoms with Gasteiger partial charge >= 0.3 is 5.97 Å². The third-order valence-electron chi connectivity index (χ3n) is 14.4. The van der Waals surface area contributed by atoms with Crippen LogP contribution in [-0.2, 0) is 34.4 Å². The third-order valence-corrected chi connectivity index (χ3v) is 24.1. The van der Waals surface area contributed by atoms with Crippen molar-refractivity contribution in [3.63, 3.8) is 0 Å². The Morgan fingerprint density at radius 1 is 1.07 bits per heavy atom. The van der Waals surface area contributed by atoms with Crippen LogP contribution in [0.4, 0.5) is 10.9 Å². The predicted octanol–water partition coefficient (Wildman–Crippen LogP) is 6.43. The van der Waals surface area contributed by atoms with Gasteiger partial charge in [-0.05, 0) is 114 Å². The molecule has 324 valence electrons. The number of carboxylic acids is 1. The molecule has 0 aliphatic carbocycles. The van der Waals surface area contributed by atoms with E-state index in [-0.39, 0.29) is 58.2 Å². The number of thiazole rings is 1. The number of hydrogen-bond acceptors (Lipinski definition) is 10. The van der Waals surface area contributed by atoms with E-state index in [1.54, 1.807) is 6.20 Å². The first-order valence-corrected chi connectivity index (χ1v) is 26.5. The van der Waals surface area contributed by atoms with Gasteiger partial charge in [0.2, 0.25) is 5.91 Å². The molecule has 61 heavy (non-hydrogen) atoms. The molecule has 3 fully saturated rings. The Balaban J connectivity index is 0.914. The quantitative estimate of drug-likeness (QED) is 0.0496. The molecule has 14 nitrogen and oxygen atoms in total. The molecule has 7 heterocycles. The monoisotopic (exact) mass is 887 g/mol. The molecular weight excluding hydrogens is 835 g/mol. The Morgan fingerprint density at radius 3 is 2.64 bits per heavy atom. The Bertz CT molecular complexity index is 2720. The normalized spacial score (nSPS) is 24.5. The molecule has 17 heteroatoms. The minimum Gasteiger partial charge on any atom is -0.476 e. The van der Waals surface area contributed by atoms with Crippen LogP contribution >= 0.6 is 20.5 Å². The zero-order chi connectivity index (χ0) is 43.1. The van der Waals surface area contributed by atoms with Crippen molar-refractivity contribution < 1.29 is 32.5 Å². The predicted molar refractivity (Wildman–Crippen MR) is 242 cm³/mol. The number of aromatic nitrogens is 4. The summed E-state index contributed by atoms with van der Waals surface area (Å²) in [5, 5.41) is 22.3. The van der Waals surface area contributed by atoms with E-state index in [9.17, 15) is 32.5 Å². The average molecular weight is 888 g/mol. The number of carbonyl (C=O) groups excluding carboxylic acids is 2. The fraction of sp³-hybridized carbons (Fsp3) is 0.455. The highest BCUT2D eigenvalue weighted by Crippen LogP contribution is 2.97. The Kier molecular flexibility index (Phi) is 9.96. The van der Waals surface area contributed by atoms with Crippen LogP contribution in [0.1, 0.15) is 77.2 Å². The number of nitrogens with zero attached hydrogens (tertiary/aromatic N) is 5. The first-order valence-electron chi connectivity index (χ1n) is 20.9. The second-order valence-electron chi connectivity index (χ2n) is 19.0. The van der Waals surface area contributed by atoms with Crippen LogP contribution in [0.2, 0.25) is 0 Å². The van der Waals surface area contributed by atoms with E-state index in [0.29, 0.717) is 53.7 Å².